The van der Waals surface area contributed by atoms with Crippen molar-refractivity contribution in [2.24, 2.45) is 0 Å². The van der Waals surface area contributed by atoms with Crippen LogP contribution in [0.4, 0.5) is 0 Å². The number of ether oxygens (including phenoxy) is 1. The van der Waals surface area contributed by atoms with Gasteiger partial charge in [-0.1, -0.05) is 0 Å². The van der Waals surface area contributed by atoms with Crippen molar-refractivity contribution in [3.8, 4) is 0 Å². The lowest BCUT2D eigenvalue weighted by molar-refractivity contribution is -0.141. The summed E-state index contributed by atoms with van der Waals surface area (Å²) in [5.41, 5.74) is 1.09. The first-order valence-corrected chi connectivity index (χ1v) is 6.67. The zero-order chi connectivity index (χ0) is 14.3. The molecule has 0 aliphatic rings. The first-order valence-electron chi connectivity index (χ1n) is 5.79. The normalized spacial score (nSPS) is 12.5. The average Bonchev–Trinajstić information content (AvgIpc) is 2.77. The van der Waals surface area contributed by atoms with E-state index in [1.54, 1.807) is 6.08 Å². The summed E-state index contributed by atoms with van der Waals surface area (Å²) in [6.45, 7) is 2.23. The third kappa shape index (κ3) is 5.23. The standard InChI is InChI=1S/C13H17NO4S/c1-9-6-8-19-11(9)3-4-12(15)14-10(13(16)17)5-7-18-2/h3-4,6,8,10H,5,7H2,1-2H3,(H,14,15)(H,16,17). The quantitative estimate of drug-likeness (QED) is 0.746. The molecule has 0 fully saturated rings. The molecule has 1 amide bonds. The minimum Gasteiger partial charge on any atom is -0.480 e. The van der Waals surface area contributed by atoms with Crippen LogP contribution in [0.2, 0.25) is 0 Å². The third-order valence-corrected chi connectivity index (χ3v) is 3.50. The summed E-state index contributed by atoms with van der Waals surface area (Å²) >= 11 is 1.53. The van der Waals surface area contributed by atoms with E-state index in [1.165, 1.54) is 24.5 Å². The summed E-state index contributed by atoms with van der Waals surface area (Å²) in [4.78, 5) is 23.6. The molecular weight excluding hydrogens is 266 g/mol. The van der Waals surface area contributed by atoms with Crippen molar-refractivity contribution in [1.82, 2.24) is 5.32 Å². The van der Waals surface area contributed by atoms with Gasteiger partial charge in [0.05, 0.1) is 0 Å². The Balaban J connectivity index is 2.55. The van der Waals surface area contributed by atoms with Crippen LogP contribution in [0.3, 0.4) is 0 Å². The minimum atomic E-state index is -1.06. The van der Waals surface area contributed by atoms with E-state index in [-0.39, 0.29) is 13.0 Å². The fourth-order valence-electron chi connectivity index (χ4n) is 1.42. The lowest BCUT2D eigenvalue weighted by Gasteiger charge is -2.12. The van der Waals surface area contributed by atoms with Crippen molar-refractivity contribution in [3.63, 3.8) is 0 Å². The Morgan fingerprint density at radius 2 is 2.32 bits per heavy atom. The van der Waals surface area contributed by atoms with Gasteiger partial charge < -0.3 is 15.2 Å². The number of methoxy groups -OCH3 is 1. The Morgan fingerprint density at radius 1 is 1.58 bits per heavy atom. The van der Waals surface area contributed by atoms with Crippen molar-refractivity contribution < 1.29 is 19.4 Å². The van der Waals surface area contributed by atoms with E-state index in [1.807, 2.05) is 18.4 Å². The van der Waals surface area contributed by atoms with Crippen LogP contribution >= 0.6 is 11.3 Å². The van der Waals surface area contributed by atoms with Gasteiger partial charge in [0.15, 0.2) is 0 Å². The highest BCUT2D eigenvalue weighted by Gasteiger charge is 2.18. The van der Waals surface area contributed by atoms with E-state index >= 15 is 0 Å². The van der Waals surface area contributed by atoms with Crippen LogP contribution in [-0.4, -0.2) is 36.7 Å². The van der Waals surface area contributed by atoms with E-state index in [0.29, 0.717) is 0 Å². The zero-order valence-electron chi connectivity index (χ0n) is 10.9. The van der Waals surface area contributed by atoms with Gasteiger partial charge in [0.2, 0.25) is 5.91 Å². The maximum Gasteiger partial charge on any atom is 0.326 e. The van der Waals surface area contributed by atoms with Crippen LogP contribution in [0.25, 0.3) is 6.08 Å². The number of thiophene rings is 1. The van der Waals surface area contributed by atoms with Crippen LogP contribution < -0.4 is 5.32 Å². The zero-order valence-corrected chi connectivity index (χ0v) is 11.7. The molecule has 0 aliphatic heterocycles. The van der Waals surface area contributed by atoms with Gasteiger partial charge in [0, 0.05) is 31.1 Å². The molecule has 0 aromatic carbocycles. The SMILES string of the molecule is COCCC(NC(=O)C=Cc1sccc1C)C(=O)O. The van der Waals surface area contributed by atoms with E-state index in [2.05, 4.69) is 5.32 Å². The number of aliphatic carboxylic acids is 1. The van der Waals surface area contributed by atoms with Gasteiger partial charge >= 0.3 is 5.97 Å². The summed E-state index contributed by atoms with van der Waals surface area (Å²) in [6.07, 6.45) is 3.27. The number of hydrogen-bond donors (Lipinski definition) is 2. The van der Waals surface area contributed by atoms with Gasteiger partial charge in [-0.3, -0.25) is 4.79 Å². The van der Waals surface area contributed by atoms with Crippen molar-refractivity contribution in [2.75, 3.05) is 13.7 Å². The number of carbonyl (C=O) groups is 2. The molecule has 1 aromatic rings. The summed E-state index contributed by atoms with van der Waals surface area (Å²) in [5.74, 6) is -1.48. The molecule has 6 heteroatoms. The van der Waals surface area contributed by atoms with Gasteiger partial charge in [-0.15, -0.1) is 11.3 Å². The Hall–Kier alpha value is -1.66. The maximum absolute atomic E-state index is 11.6. The largest absolute Gasteiger partial charge is 0.480 e. The molecule has 1 aromatic heterocycles. The van der Waals surface area contributed by atoms with Gasteiger partial charge in [0.25, 0.3) is 0 Å². The Labute approximate surface area is 115 Å². The first kappa shape index (κ1) is 15.4. The molecule has 0 spiro atoms. The third-order valence-electron chi connectivity index (χ3n) is 2.51. The van der Waals surface area contributed by atoms with Crippen molar-refractivity contribution in [1.29, 1.82) is 0 Å². The second-order valence-electron chi connectivity index (χ2n) is 3.98. The van der Waals surface area contributed by atoms with Crippen molar-refractivity contribution in [3.05, 3.63) is 28.0 Å². The molecule has 0 saturated heterocycles. The molecule has 5 nitrogen and oxygen atoms in total. The molecule has 0 aliphatic carbocycles. The fraction of sp³-hybridized carbons (Fsp3) is 0.385. The minimum absolute atomic E-state index is 0.240. The number of nitrogens with one attached hydrogen (secondary N) is 1. The summed E-state index contributed by atoms with van der Waals surface area (Å²) in [7, 11) is 1.49. The number of hydrogen-bond acceptors (Lipinski definition) is 4. The van der Waals surface area contributed by atoms with Crippen LogP contribution in [0, 0.1) is 6.92 Å². The molecule has 1 unspecified atom stereocenters. The number of rotatable bonds is 7. The number of carboxylic acids is 1. The number of amides is 1. The summed E-state index contributed by atoms with van der Waals surface area (Å²) in [6, 6.07) is 1.03. The van der Waals surface area contributed by atoms with Gasteiger partial charge in [-0.05, 0) is 30.0 Å². The molecule has 104 valence electrons. The average molecular weight is 283 g/mol. The van der Waals surface area contributed by atoms with Crippen LogP contribution in [0.15, 0.2) is 17.5 Å². The molecule has 1 rings (SSSR count). The predicted octanol–water partition coefficient (Wildman–Crippen LogP) is 1.68. The van der Waals surface area contributed by atoms with E-state index in [4.69, 9.17) is 9.84 Å². The second-order valence-corrected chi connectivity index (χ2v) is 4.93. The summed E-state index contributed by atoms with van der Waals surface area (Å²) < 4.78 is 4.81. The second kappa shape index (κ2) is 7.70. The van der Waals surface area contributed by atoms with E-state index < -0.39 is 17.9 Å². The lowest BCUT2D eigenvalue weighted by Crippen LogP contribution is -2.40. The van der Waals surface area contributed by atoms with Gasteiger partial charge in [-0.2, -0.15) is 0 Å². The Morgan fingerprint density at radius 3 is 2.84 bits per heavy atom. The molecule has 19 heavy (non-hydrogen) atoms. The molecule has 1 atom stereocenters. The van der Waals surface area contributed by atoms with E-state index in [0.717, 1.165) is 10.4 Å². The van der Waals surface area contributed by atoms with Crippen molar-refractivity contribution in [2.45, 2.75) is 19.4 Å². The van der Waals surface area contributed by atoms with Crippen LogP contribution in [-0.2, 0) is 14.3 Å². The lowest BCUT2D eigenvalue weighted by atomic mass is 10.2. The predicted molar refractivity (Wildman–Crippen MR) is 74.1 cm³/mol. The molecule has 0 saturated carbocycles. The van der Waals surface area contributed by atoms with Gasteiger partial charge in [0.1, 0.15) is 6.04 Å². The molecule has 2 N–H and O–H groups in total. The Kier molecular flexibility index (Phi) is 6.24. The van der Waals surface area contributed by atoms with Gasteiger partial charge in [-0.25, -0.2) is 4.79 Å². The molecular formula is C13H17NO4S. The van der Waals surface area contributed by atoms with E-state index in [9.17, 15) is 9.59 Å². The number of aryl methyl sites for hydroxylation is 1. The first-order chi connectivity index (χ1) is 9.04. The van der Waals surface area contributed by atoms with Crippen molar-refractivity contribution >= 4 is 29.3 Å². The Bertz CT molecular complexity index is 467. The fourth-order valence-corrected chi connectivity index (χ4v) is 2.24. The highest BCUT2D eigenvalue weighted by atomic mass is 32.1. The molecule has 0 radical (unpaired) electrons. The monoisotopic (exact) mass is 283 g/mol. The smallest absolute Gasteiger partial charge is 0.326 e. The number of carboxylic acid groups (broad SMARTS) is 1. The van der Waals surface area contributed by atoms with Crippen LogP contribution in [0.5, 0.6) is 0 Å². The topological polar surface area (TPSA) is 75.6 Å². The highest BCUT2D eigenvalue weighted by molar-refractivity contribution is 7.11. The molecule has 0 bridgehead atoms. The summed E-state index contributed by atoms with van der Waals surface area (Å²) in [5, 5.41) is 13.3. The molecule has 1 heterocycles. The highest BCUT2D eigenvalue weighted by Crippen LogP contribution is 2.16. The number of carbonyl (C=O) groups excluding carboxylic acids is 1. The maximum atomic E-state index is 11.6. The van der Waals surface area contributed by atoms with Crippen LogP contribution in [0.1, 0.15) is 16.9 Å².